The van der Waals surface area contributed by atoms with Crippen molar-refractivity contribution in [2.75, 3.05) is 4.90 Å². The predicted octanol–water partition coefficient (Wildman–Crippen LogP) is 15.1. The second-order valence-corrected chi connectivity index (χ2v) is 14.1. The zero-order valence-corrected chi connectivity index (χ0v) is 29.8. The Morgan fingerprint density at radius 3 is 1.67 bits per heavy atom. The first-order valence-electron chi connectivity index (χ1n) is 18.7. The lowest BCUT2D eigenvalue weighted by atomic mass is 9.95. The van der Waals surface area contributed by atoms with Crippen LogP contribution in [-0.4, -0.2) is 0 Å². The van der Waals surface area contributed by atoms with Crippen molar-refractivity contribution in [2.24, 2.45) is 0 Å². The lowest BCUT2D eigenvalue weighted by Crippen LogP contribution is -2.10. The fourth-order valence-electron chi connectivity index (χ4n) is 8.19. The summed E-state index contributed by atoms with van der Waals surface area (Å²) in [5, 5.41) is 6.76. The molecule has 0 amide bonds. The van der Waals surface area contributed by atoms with Gasteiger partial charge in [-0.2, -0.15) is 0 Å². The van der Waals surface area contributed by atoms with Gasteiger partial charge in [-0.15, -0.1) is 0 Å². The Labute approximate surface area is 317 Å². The third kappa shape index (κ3) is 5.28. The van der Waals surface area contributed by atoms with E-state index in [1.165, 1.54) is 22.1 Å². The van der Waals surface area contributed by atoms with Gasteiger partial charge in [0.2, 0.25) is 0 Å². The molecule has 0 aliphatic carbocycles. The summed E-state index contributed by atoms with van der Waals surface area (Å²) in [4.78, 5) is 2.32. The first kappa shape index (κ1) is 31.2. The molecule has 0 saturated heterocycles. The van der Waals surface area contributed by atoms with E-state index in [0.29, 0.717) is 0 Å². The summed E-state index contributed by atoms with van der Waals surface area (Å²) < 4.78 is 12.9. The highest BCUT2D eigenvalue weighted by atomic mass is 16.3. The van der Waals surface area contributed by atoms with Gasteiger partial charge in [-0.05, 0) is 99.4 Å². The molecule has 3 heteroatoms. The number of rotatable bonds is 6. The Morgan fingerprint density at radius 2 is 0.855 bits per heavy atom. The fraction of sp³-hybridized carbons (Fsp3) is 0. The van der Waals surface area contributed by atoms with Crippen LogP contribution in [0.5, 0.6) is 0 Å². The highest BCUT2D eigenvalue weighted by molar-refractivity contribution is 6.19. The Hall–Kier alpha value is -7.36. The third-order valence-corrected chi connectivity index (χ3v) is 10.9. The molecule has 0 fully saturated rings. The van der Waals surface area contributed by atoms with E-state index in [1.807, 2.05) is 12.1 Å². The minimum Gasteiger partial charge on any atom is -0.456 e. The minimum atomic E-state index is 0.851. The molecule has 0 atom stereocenters. The van der Waals surface area contributed by atoms with Crippen molar-refractivity contribution < 1.29 is 8.83 Å². The molecule has 0 aliphatic heterocycles. The molecule has 11 aromatic rings. The SMILES string of the molecule is c1ccc(-c2cccc(N(c3ccc(-c4ccc5oc6ccccc6c5c4)cc3)c3ccc4c(c3)oc3c5ccccc5c(-c5ccccc5)cc43)c2)cc1. The van der Waals surface area contributed by atoms with E-state index in [-0.39, 0.29) is 0 Å². The molecule has 0 aliphatic rings. The second kappa shape index (κ2) is 12.6. The Balaban J connectivity index is 1.06. The quantitative estimate of drug-likeness (QED) is 0.173. The van der Waals surface area contributed by atoms with E-state index in [2.05, 4.69) is 193 Å². The van der Waals surface area contributed by atoms with Gasteiger partial charge in [-0.25, -0.2) is 0 Å². The van der Waals surface area contributed by atoms with Crippen molar-refractivity contribution in [3.05, 3.63) is 200 Å². The van der Waals surface area contributed by atoms with Gasteiger partial charge in [0.05, 0.1) is 0 Å². The summed E-state index contributed by atoms with van der Waals surface area (Å²) in [5.41, 5.74) is 13.7. The lowest BCUT2D eigenvalue weighted by Gasteiger charge is -2.26. The van der Waals surface area contributed by atoms with Crippen LogP contribution in [0.2, 0.25) is 0 Å². The van der Waals surface area contributed by atoms with Crippen LogP contribution >= 0.6 is 0 Å². The molecule has 55 heavy (non-hydrogen) atoms. The Bertz CT molecular complexity index is 3190. The van der Waals surface area contributed by atoms with Gasteiger partial charge in [-0.1, -0.05) is 133 Å². The number of anilines is 3. The number of hydrogen-bond donors (Lipinski definition) is 0. The van der Waals surface area contributed by atoms with Crippen molar-refractivity contribution in [3.8, 4) is 33.4 Å². The molecule has 2 aromatic heterocycles. The van der Waals surface area contributed by atoms with Crippen LogP contribution in [0.3, 0.4) is 0 Å². The van der Waals surface area contributed by atoms with Crippen molar-refractivity contribution in [2.45, 2.75) is 0 Å². The zero-order valence-electron chi connectivity index (χ0n) is 29.8. The largest absolute Gasteiger partial charge is 0.456 e. The molecule has 9 aromatic carbocycles. The standard InChI is InChI=1S/C52H33NO2/c1-3-12-34(13-4-1)37-16-11-17-40(30-37)53(39-25-22-35(23-26-39)38-24-29-50-47(31-38)43-19-9-10-21-49(43)54-50)41-27-28-44-48-33-46(36-14-5-2-6-15-36)42-18-7-8-20-45(42)52(48)55-51(44)32-41/h1-33H. The zero-order chi connectivity index (χ0) is 36.3. The van der Waals surface area contributed by atoms with E-state index in [0.717, 1.165) is 83.0 Å². The van der Waals surface area contributed by atoms with Gasteiger partial charge in [0.25, 0.3) is 0 Å². The monoisotopic (exact) mass is 703 g/mol. The molecule has 2 heterocycles. The lowest BCUT2D eigenvalue weighted by molar-refractivity contribution is 0.669. The number of benzene rings is 9. The van der Waals surface area contributed by atoms with Crippen molar-refractivity contribution >= 4 is 71.7 Å². The number of hydrogen-bond acceptors (Lipinski definition) is 3. The van der Waals surface area contributed by atoms with Crippen molar-refractivity contribution in [1.29, 1.82) is 0 Å². The van der Waals surface area contributed by atoms with Gasteiger partial charge in [0.15, 0.2) is 0 Å². The summed E-state index contributed by atoms with van der Waals surface area (Å²) in [6.45, 7) is 0. The Morgan fingerprint density at radius 1 is 0.273 bits per heavy atom. The average Bonchev–Trinajstić information content (AvgIpc) is 3.82. The van der Waals surface area contributed by atoms with Crippen LogP contribution in [0.25, 0.3) is 88.0 Å². The Kier molecular flexibility index (Phi) is 7.17. The number of fused-ring (bicyclic) bond motifs is 8. The first-order chi connectivity index (χ1) is 27.2. The summed E-state index contributed by atoms with van der Waals surface area (Å²) in [5.74, 6) is 0. The first-order valence-corrected chi connectivity index (χ1v) is 18.7. The van der Waals surface area contributed by atoms with Crippen LogP contribution in [-0.2, 0) is 0 Å². The third-order valence-electron chi connectivity index (χ3n) is 10.9. The van der Waals surface area contributed by atoms with E-state index >= 15 is 0 Å². The van der Waals surface area contributed by atoms with Crippen molar-refractivity contribution in [1.82, 2.24) is 0 Å². The maximum absolute atomic E-state index is 6.81. The highest BCUT2D eigenvalue weighted by Crippen LogP contribution is 2.43. The van der Waals surface area contributed by atoms with Crippen LogP contribution in [0.1, 0.15) is 0 Å². The number of nitrogens with zero attached hydrogens (tertiary/aromatic N) is 1. The molecule has 0 N–H and O–H groups in total. The van der Waals surface area contributed by atoms with E-state index in [9.17, 15) is 0 Å². The molecule has 0 saturated carbocycles. The molecule has 3 nitrogen and oxygen atoms in total. The molecule has 258 valence electrons. The van der Waals surface area contributed by atoms with E-state index in [4.69, 9.17) is 8.83 Å². The highest BCUT2D eigenvalue weighted by Gasteiger charge is 2.19. The fourth-order valence-corrected chi connectivity index (χ4v) is 8.19. The summed E-state index contributed by atoms with van der Waals surface area (Å²) in [6.07, 6.45) is 0. The number of para-hydroxylation sites is 1. The maximum atomic E-state index is 6.81. The van der Waals surface area contributed by atoms with Gasteiger partial charge in [0, 0.05) is 50.1 Å². The minimum absolute atomic E-state index is 0.851. The molecule has 0 spiro atoms. The molecule has 0 bridgehead atoms. The summed E-state index contributed by atoms with van der Waals surface area (Å²) in [6, 6.07) is 70.9. The normalized spacial score (nSPS) is 11.6. The van der Waals surface area contributed by atoms with E-state index in [1.54, 1.807) is 0 Å². The van der Waals surface area contributed by atoms with E-state index < -0.39 is 0 Å². The average molecular weight is 704 g/mol. The molecular weight excluding hydrogens is 671 g/mol. The smallest absolute Gasteiger partial charge is 0.143 e. The molecule has 0 unspecified atom stereocenters. The summed E-state index contributed by atoms with van der Waals surface area (Å²) in [7, 11) is 0. The second-order valence-electron chi connectivity index (χ2n) is 14.1. The van der Waals surface area contributed by atoms with Crippen LogP contribution in [0.4, 0.5) is 17.1 Å². The molecular formula is C52H33NO2. The predicted molar refractivity (Wildman–Crippen MR) is 229 cm³/mol. The molecule has 0 radical (unpaired) electrons. The van der Waals surface area contributed by atoms with Crippen LogP contribution in [0.15, 0.2) is 209 Å². The van der Waals surface area contributed by atoms with Crippen LogP contribution in [0, 0.1) is 0 Å². The molecule has 11 rings (SSSR count). The van der Waals surface area contributed by atoms with Crippen LogP contribution < -0.4 is 4.90 Å². The van der Waals surface area contributed by atoms with Gasteiger partial charge >= 0.3 is 0 Å². The van der Waals surface area contributed by atoms with Gasteiger partial charge in [-0.3, -0.25) is 0 Å². The summed E-state index contributed by atoms with van der Waals surface area (Å²) >= 11 is 0. The maximum Gasteiger partial charge on any atom is 0.143 e. The topological polar surface area (TPSA) is 29.5 Å². The van der Waals surface area contributed by atoms with Crippen molar-refractivity contribution in [3.63, 3.8) is 0 Å². The van der Waals surface area contributed by atoms with Gasteiger partial charge < -0.3 is 13.7 Å². The van der Waals surface area contributed by atoms with Gasteiger partial charge in [0.1, 0.15) is 22.3 Å². The number of furan rings is 2.